The lowest BCUT2D eigenvalue weighted by Crippen LogP contribution is -2.48. The number of carbonyl (C=O) groups is 3. The number of ketones is 1. The Morgan fingerprint density at radius 1 is 1.19 bits per heavy atom. The molecule has 4 rings (SSSR count). The van der Waals surface area contributed by atoms with Gasteiger partial charge in [-0.15, -0.1) is 0 Å². The Morgan fingerprint density at radius 2 is 1.86 bits per heavy atom. The highest BCUT2D eigenvalue weighted by atomic mass is 32.2. The molecular formula is C28H42N4O4S. The summed E-state index contributed by atoms with van der Waals surface area (Å²) in [5, 5.41) is 3.19. The summed E-state index contributed by atoms with van der Waals surface area (Å²) in [6.07, 6.45) is 3.32. The van der Waals surface area contributed by atoms with Crippen LogP contribution in [0.2, 0.25) is 0 Å². The highest BCUT2D eigenvalue weighted by Gasteiger charge is 2.51. The smallest absolute Gasteiger partial charge is 0.251 e. The van der Waals surface area contributed by atoms with Gasteiger partial charge >= 0.3 is 0 Å². The van der Waals surface area contributed by atoms with Crippen LogP contribution in [0, 0.1) is 5.41 Å². The van der Waals surface area contributed by atoms with Crippen molar-refractivity contribution in [1.29, 1.82) is 0 Å². The number of thioether (sulfide) groups is 1. The molecule has 0 aliphatic carbocycles. The molecule has 1 aromatic carbocycles. The standard InChI is InChI=1S/C28H42N4O4S/c1-19(2)30-10-12-31(13-11-30)22-8-6-20(7-9-22)27(35)29-21(16-33)14-28(3,4)18-32-15-24(37-5)26-25(32)23(34)17-36-26/h6-9,16,19,21,24-26H,10-15,17-18H2,1-5H3,(H,29,35)/t21-,24-,25+,26+/m0/s1. The predicted molar refractivity (Wildman–Crippen MR) is 148 cm³/mol. The molecule has 3 saturated heterocycles. The van der Waals surface area contributed by atoms with Gasteiger partial charge < -0.3 is 19.7 Å². The summed E-state index contributed by atoms with van der Waals surface area (Å²) in [5.74, 6) is -0.102. The molecule has 204 valence electrons. The van der Waals surface area contributed by atoms with Crippen LogP contribution in [0.15, 0.2) is 24.3 Å². The fourth-order valence-corrected chi connectivity index (χ4v) is 6.83. The maximum atomic E-state index is 13.0. The first-order valence-electron chi connectivity index (χ1n) is 13.4. The Balaban J connectivity index is 1.31. The minimum absolute atomic E-state index is 0.0538. The van der Waals surface area contributed by atoms with Crippen molar-refractivity contribution in [3.63, 3.8) is 0 Å². The summed E-state index contributed by atoms with van der Waals surface area (Å²) < 4.78 is 5.77. The van der Waals surface area contributed by atoms with Crippen LogP contribution in [0.1, 0.15) is 44.5 Å². The second-order valence-corrected chi connectivity index (χ2v) is 12.7. The molecular weight excluding hydrogens is 488 g/mol. The number of likely N-dealkylation sites (tertiary alicyclic amines) is 1. The van der Waals surface area contributed by atoms with E-state index in [2.05, 4.69) is 54.0 Å². The van der Waals surface area contributed by atoms with Crippen molar-refractivity contribution in [1.82, 2.24) is 15.1 Å². The van der Waals surface area contributed by atoms with E-state index in [-0.39, 0.29) is 41.1 Å². The highest BCUT2D eigenvalue weighted by Crippen LogP contribution is 2.36. The number of benzene rings is 1. The summed E-state index contributed by atoms with van der Waals surface area (Å²) >= 11 is 1.74. The predicted octanol–water partition coefficient (Wildman–Crippen LogP) is 2.31. The minimum atomic E-state index is -0.600. The third-order valence-electron chi connectivity index (χ3n) is 7.96. The van der Waals surface area contributed by atoms with E-state index in [4.69, 9.17) is 4.74 Å². The molecule has 8 nitrogen and oxygen atoms in total. The van der Waals surface area contributed by atoms with Gasteiger partial charge in [-0.2, -0.15) is 11.8 Å². The maximum Gasteiger partial charge on any atom is 0.251 e. The monoisotopic (exact) mass is 530 g/mol. The average molecular weight is 531 g/mol. The van der Waals surface area contributed by atoms with Crippen LogP contribution in [0.3, 0.4) is 0 Å². The summed E-state index contributed by atoms with van der Waals surface area (Å²) in [5.41, 5.74) is 1.39. The fourth-order valence-electron chi connectivity index (χ4n) is 5.99. The van der Waals surface area contributed by atoms with E-state index in [1.54, 1.807) is 11.8 Å². The average Bonchev–Trinajstić information content (AvgIpc) is 3.43. The first-order valence-corrected chi connectivity index (χ1v) is 14.7. The number of rotatable bonds is 10. The van der Waals surface area contributed by atoms with Crippen molar-refractivity contribution < 1.29 is 19.1 Å². The first kappa shape index (κ1) is 28.1. The molecule has 3 fully saturated rings. The van der Waals surface area contributed by atoms with E-state index in [9.17, 15) is 14.4 Å². The number of hydrogen-bond donors (Lipinski definition) is 1. The van der Waals surface area contributed by atoms with Crippen molar-refractivity contribution in [2.75, 3.05) is 57.0 Å². The number of anilines is 1. The lowest BCUT2D eigenvalue weighted by molar-refractivity contribution is -0.121. The number of nitrogens with zero attached hydrogens (tertiary/aromatic N) is 3. The number of hydrogen-bond acceptors (Lipinski definition) is 8. The topological polar surface area (TPSA) is 82.2 Å². The zero-order valence-electron chi connectivity index (χ0n) is 22.8. The van der Waals surface area contributed by atoms with E-state index in [0.29, 0.717) is 24.6 Å². The number of amides is 1. The van der Waals surface area contributed by atoms with Crippen LogP contribution in [0.4, 0.5) is 5.69 Å². The molecule has 1 aromatic rings. The molecule has 1 amide bonds. The van der Waals surface area contributed by atoms with Gasteiger partial charge in [-0.3, -0.25) is 19.4 Å². The van der Waals surface area contributed by atoms with Crippen LogP contribution in [-0.4, -0.2) is 109 Å². The zero-order valence-corrected chi connectivity index (χ0v) is 23.6. The summed E-state index contributed by atoms with van der Waals surface area (Å²) in [7, 11) is 0. The third kappa shape index (κ3) is 6.56. The Bertz CT molecular complexity index is 961. The number of fused-ring (bicyclic) bond motifs is 1. The van der Waals surface area contributed by atoms with Gasteiger partial charge in [-0.1, -0.05) is 13.8 Å². The molecule has 0 aromatic heterocycles. The summed E-state index contributed by atoms with van der Waals surface area (Å²) in [4.78, 5) is 44.4. The van der Waals surface area contributed by atoms with Gasteiger partial charge in [-0.05, 0) is 56.2 Å². The number of carbonyl (C=O) groups excluding carboxylic acids is 3. The molecule has 3 heterocycles. The van der Waals surface area contributed by atoms with Crippen molar-refractivity contribution in [2.45, 2.75) is 63.6 Å². The zero-order chi connectivity index (χ0) is 26.7. The molecule has 3 aliphatic heterocycles. The fraction of sp³-hybridized carbons (Fsp3) is 0.679. The lowest BCUT2D eigenvalue weighted by atomic mass is 9.85. The molecule has 0 spiro atoms. The van der Waals surface area contributed by atoms with Gasteiger partial charge in [0, 0.05) is 61.8 Å². The molecule has 0 bridgehead atoms. The van der Waals surface area contributed by atoms with Gasteiger partial charge in [0.1, 0.15) is 12.9 Å². The van der Waals surface area contributed by atoms with Crippen molar-refractivity contribution in [3.05, 3.63) is 29.8 Å². The van der Waals surface area contributed by atoms with Crippen LogP contribution in [-0.2, 0) is 14.3 Å². The largest absolute Gasteiger partial charge is 0.369 e. The first-order chi connectivity index (χ1) is 17.6. The van der Waals surface area contributed by atoms with Crippen molar-refractivity contribution in [2.24, 2.45) is 5.41 Å². The number of piperazine rings is 1. The Labute approximate surface area is 225 Å². The third-order valence-corrected chi connectivity index (χ3v) is 8.98. The van der Waals surface area contributed by atoms with Gasteiger partial charge in [-0.25, -0.2) is 0 Å². The molecule has 0 saturated carbocycles. The van der Waals surface area contributed by atoms with Gasteiger partial charge in [0.25, 0.3) is 5.91 Å². The SMILES string of the molecule is CS[C@H]1CN(CC(C)(C)C[C@@H](C=O)NC(=O)c2ccc(N3CCN(C(C)C)CC3)cc2)[C@@H]2C(=O)CO[C@H]12. The molecule has 37 heavy (non-hydrogen) atoms. The maximum absolute atomic E-state index is 13.0. The molecule has 3 aliphatic rings. The van der Waals surface area contributed by atoms with E-state index in [1.807, 2.05) is 24.3 Å². The van der Waals surface area contributed by atoms with Gasteiger partial charge in [0.15, 0.2) is 5.78 Å². The Morgan fingerprint density at radius 3 is 2.46 bits per heavy atom. The number of Topliss-reactive ketones (excluding diaryl/α,β-unsaturated/α-hetero) is 1. The normalized spacial score (nSPS) is 25.9. The molecule has 9 heteroatoms. The number of aldehydes is 1. The number of nitrogens with one attached hydrogen (secondary N) is 1. The second kappa shape index (κ2) is 11.8. The van der Waals surface area contributed by atoms with Gasteiger partial charge in [0.2, 0.25) is 0 Å². The molecule has 1 N–H and O–H groups in total. The molecule has 0 unspecified atom stereocenters. The van der Waals surface area contributed by atoms with Crippen LogP contribution < -0.4 is 10.2 Å². The minimum Gasteiger partial charge on any atom is -0.369 e. The summed E-state index contributed by atoms with van der Waals surface area (Å²) in [6, 6.07) is 7.42. The van der Waals surface area contributed by atoms with Crippen LogP contribution >= 0.6 is 11.8 Å². The van der Waals surface area contributed by atoms with E-state index >= 15 is 0 Å². The number of ether oxygens (including phenoxy) is 1. The van der Waals surface area contributed by atoms with Crippen LogP contribution in [0.25, 0.3) is 0 Å². The molecule has 4 atom stereocenters. The van der Waals surface area contributed by atoms with Crippen molar-refractivity contribution in [3.8, 4) is 0 Å². The van der Waals surface area contributed by atoms with E-state index < -0.39 is 6.04 Å². The highest BCUT2D eigenvalue weighted by molar-refractivity contribution is 7.99. The van der Waals surface area contributed by atoms with E-state index in [1.165, 1.54) is 0 Å². The van der Waals surface area contributed by atoms with Crippen molar-refractivity contribution >= 4 is 35.4 Å². The summed E-state index contributed by atoms with van der Waals surface area (Å²) in [6.45, 7) is 14.3. The van der Waals surface area contributed by atoms with E-state index in [0.717, 1.165) is 44.7 Å². The quantitative estimate of drug-likeness (QED) is 0.462. The Kier molecular flexibility index (Phi) is 8.99. The van der Waals surface area contributed by atoms with Gasteiger partial charge in [0.05, 0.1) is 18.2 Å². The second-order valence-electron chi connectivity index (χ2n) is 11.6. The Hall–Kier alpha value is -1.94. The van der Waals surface area contributed by atoms with Crippen LogP contribution in [0.5, 0.6) is 0 Å². The molecule has 0 radical (unpaired) electrons. The lowest BCUT2D eigenvalue weighted by Gasteiger charge is -2.38.